The van der Waals surface area contributed by atoms with Gasteiger partial charge in [-0.15, -0.1) is 0 Å². The van der Waals surface area contributed by atoms with E-state index in [1.54, 1.807) is 38.1 Å². The van der Waals surface area contributed by atoms with Crippen molar-refractivity contribution in [1.29, 1.82) is 0 Å². The van der Waals surface area contributed by atoms with E-state index < -0.39 is 12.1 Å². The van der Waals surface area contributed by atoms with Gasteiger partial charge in [0.15, 0.2) is 0 Å². The number of halogens is 3. The molecule has 21 heavy (non-hydrogen) atoms. The molecule has 0 radical (unpaired) electrons. The van der Waals surface area contributed by atoms with Crippen molar-refractivity contribution < 1.29 is 13.2 Å². The highest BCUT2D eigenvalue weighted by atomic mass is 19.4. The van der Waals surface area contributed by atoms with E-state index in [4.69, 9.17) is 0 Å². The lowest BCUT2D eigenvalue weighted by Gasteiger charge is -2.25. The lowest BCUT2D eigenvalue weighted by atomic mass is 9.84. The minimum absolute atomic E-state index is 0.295. The Morgan fingerprint density at radius 3 is 1.67 bits per heavy atom. The third kappa shape index (κ3) is 3.29. The van der Waals surface area contributed by atoms with Crippen molar-refractivity contribution in [3.63, 3.8) is 0 Å². The van der Waals surface area contributed by atoms with Crippen LogP contribution in [0.4, 0.5) is 13.2 Å². The van der Waals surface area contributed by atoms with Crippen molar-refractivity contribution in [2.75, 3.05) is 0 Å². The molecule has 0 heterocycles. The molecule has 0 N–H and O–H groups in total. The monoisotopic (exact) mass is 292 g/mol. The van der Waals surface area contributed by atoms with Crippen molar-refractivity contribution in [1.82, 2.24) is 0 Å². The average Bonchev–Trinajstić information content (AvgIpc) is 2.33. The van der Waals surface area contributed by atoms with Crippen LogP contribution in [-0.2, 0) is 0 Å². The standard InChI is InChI=1S/C18H19F3/c1-11-5-7-15(8-6-11)17(18(19,20)21)16-13(3)9-12(2)10-14(16)4/h5-10,17H,1-4H3. The number of alkyl halides is 3. The summed E-state index contributed by atoms with van der Waals surface area (Å²) < 4.78 is 41.0. The molecule has 0 saturated heterocycles. The number of hydrogen-bond donors (Lipinski definition) is 0. The maximum atomic E-state index is 13.7. The summed E-state index contributed by atoms with van der Waals surface area (Å²) in [4.78, 5) is 0. The molecule has 0 spiro atoms. The Balaban J connectivity index is 2.65. The summed E-state index contributed by atoms with van der Waals surface area (Å²) in [6.07, 6.45) is -4.31. The minimum Gasteiger partial charge on any atom is -0.170 e. The van der Waals surface area contributed by atoms with Gasteiger partial charge in [-0.3, -0.25) is 0 Å². The van der Waals surface area contributed by atoms with Gasteiger partial charge in [0.25, 0.3) is 0 Å². The van der Waals surface area contributed by atoms with E-state index in [0.29, 0.717) is 22.3 Å². The molecule has 0 bridgehead atoms. The highest BCUT2D eigenvalue weighted by Gasteiger charge is 2.43. The summed E-state index contributed by atoms with van der Waals surface area (Å²) in [5.74, 6) is -1.57. The van der Waals surface area contributed by atoms with Gasteiger partial charge in [-0.25, -0.2) is 0 Å². The Kier molecular flexibility index (Phi) is 4.13. The molecule has 0 nitrogen and oxygen atoms in total. The fourth-order valence-corrected chi connectivity index (χ4v) is 2.92. The Hall–Kier alpha value is -1.77. The lowest BCUT2D eigenvalue weighted by molar-refractivity contribution is -0.141. The van der Waals surface area contributed by atoms with E-state index in [2.05, 4.69) is 0 Å². The second-order valence-electron chi connectivity index (χ2n) is 5.70. The highest BCUT2D eigenvalue weighted by molar-refractivity contribution is 5.46. The molecule has 2 aromatic carbocycles. The summed E-state index contributed by atoms with van der Waals surface area (Å²) in [6.45, 7) is 7.28. The lowest BCUT2D eigenvalue weighted by Crippen LogP contribution is -2.23. The number of benzene rings is 2. The van der Waals surface area contributed by atoms with Crippen LogP contribution in [0.3, 0.4) is 0 Å². The fourth-order valence-electron chi connectivity index (χ4n) is 2.92. The summed E-state index contributed by atoms with van der Waals surface area (Å²) in [6, 6.07) is 10.2. The second-order valence-corrected chi connectivity index (χ2v) is 5.70. The van der Waals surface area contributed by atoms with Gasteiger partial charge in [0.1, 0.15) is 5.92 Å². The van der Waals surface area contributed by atoms with Crippen molar-refractivity contribution in [3.8, 4) is 0 Å². The Morgan fingerprint density at radius 1 is 0.762 bits per heavy atom. The maximum Gasteiger partial charge on any atom is 0.399 e. The Labute approximate surface area is 123 Å². The van der Waals surface area contributed by atoms with Crippen LogP contribution in [0, 0.1) is 27.7 Å². The molecule has 0 aliphatic carbocycles. The van der Waals surface area contributed by atoms with Crippen LogP contribution < -0.4 is 0 Å². The summed E-state index contributed by atoms with van der Waals surface area (Å²) in [7, 11) is 0. The van der Waals surface area contributed by atoms with E-state index in [1.807, 2.05) is 26.0 Å². The zero-order valence-electron chi connectivity index (χ0n) is 12.7. The van der Waals surface area contributed by atoms with Gasteiger partial charge in [-0.2, -0.15) is 13.2 Å². The quantitative estimate of drug-likeness (QED) is 0.674. The molecule has 3 heteroatoms. The molecular weight excluding hydrogens is 273 g/mol. The molecule has 1 unspecified atom stereocenters. The fraction of sp³-hybridized carbons (Fsp3) is 0.333. The zero-order chi connectivity index (χ0) is 15.8. The van der Waals surface area contributed by atoms with Gasteiger partial charge in [-0.1, -0.05) is 47.5 Å². The van der Waals surface area contributed by atoms with E-state index in [0.717, 1.165) is 11.1 Å². The molecular formula is C18H19F3. The first-order valence-corrected chi connectivity index (χ1v) is 6.91. The Bertz CT molecular complexity index is 613. The zero-order valence-corrected chi connectivity index (χ0v) is 12.7. The van der Waals surface area contributed by atoms with Crippen LogP contribution in [0.25, 0.3) is 0 Å². The van der Waals surface area contributed by atoms with Gasteiger partial charge < -0.3 is 0 Å². The van der Waals surface area contributed by atoms with Crippen LogP contribution in [0.2, 0.25) is 0 Å². The van der Waals surface area contributed by atoms with Crippen molar-refractivity contribution >= 4 is 0 Å². The number of hydrogen-bond acceptors (Lipinski definition) is 0. The van der Waals surface area contributed by atoms with Crippen LogP contribution >= 0.6 is 0 Å². The summed E-state index contributed by atoms with van der Waals surface area (Å²) >= 11 is 0. The summed E-state index contributed by atoms with van der Waals surface area (Å²) in [5, 5.41) is 0. The molecule has 0 fully saturated rings. The van der Waals surface area contributed by atoms with Crippen LogP contribution in [0.5, 0.6) is 0 Å². The van der Waals surface area contributed by atoms with Gasteiger partial charge in [0.2, 0.25) is 0 Å². The summed E-state index contributed by atoms with van der Waals surface area (Å²) in [5.41, 5.74) is 3.99. The van der Waals surface area contributed by atoms with Gasteiger partial charge in [0.05, 0.1) is 0 Å². The van der Waals surface area contributed by atoms with Crippen LogP contribution in [0.1, 0.15) is 39.3 Å². The smallest absolute Gasteiger partial charge is 0.170 e. The molecule has 112 valence electrons. The Morgan fingerprint density at radius 2 is 1.24 bits per heavy atom. The topological polar surface area (TPSA) is 0 Å². The van der Waals surface area contributed by atoms with E-state index in [-0.39, 0.29) is 0 Å². The maximum absolute atomic E-state index is 13.7. The molecule has 2 rings (SSSR count). The van der Waals surface area contributed by atoms with E-state index >= 15 is 0 Å². The molecule has 0 amide bonds. The first-order valence-electron chi connectivity index (χ1n) is 6.91. The van der Waals surface area contributed by atoms with E-state index in [9.17, 15) is 13.2 Å². The third-order valence-corrected chi connectivity index (χ3v) is 3.76. The predicted octanol–water partition coefficient (Wildman–Crippen LogP) is 5.61. The normalized spacial score (nSPS) is 13.3. The molecule has 1 atom stereocenters. The largest absolute Gasteiger partial charge is 0.399 e. The highest BCUT2D eigenvalue weighted by Crippen LogP contribution is 2.42. The molecule has 0 aliphatic heterocycles. The number of aryl methyl sites for hydroxylation is 4. The van der Waals surface area contributed by atoms with Crippen molar-refractivity contribution in [2.24, 2.45) is 0 Å². The first-order chi connectivity index (χ1) is 9.70. The average molecular weight is 292 g/mol. The van der Waals surface area contributed by atoms with E-state index in [1.165, 1.54) is 0 Å². The molecule has 0 aliphatic rings. The first kappa shape index (κ1) is 15.6. The van der Waals surface area contributed by atoms with Gasteiger partial charge in [0, 0.05) is 0 Å². The second kappa shape index (κ2) is 5.55. The molecule has 2 aromatic rings. The van der Waals surface area contributed by atoms with Crippen molar-refractivity contribution in [2.45, 2.75) is 39.8 Å². The predicted molar refractivity (Wildman–Crippen MR) is 79.7 cm³/mol. The minimum atomic E-state index is -4.31. The molecule has 0 aromatic heterocycles. The number of rotatable bonds is 2. The van der Waals surface area contributed by atoms with Gasteiger partial charge >= 0.3 is 6.18 Å². The van der Waals surface area contributed by atoms with Crippen molar-refractivity contribution in [3.05, 3.63) is 69.8 Å². The molecule has 0 saturated carbocycles. The third-order valence-electron chi connectivity index (χ3n) is 3.76. The van der Waals surface area contributed by atoms with Crippen LogP contribution in [0.15, 0.2) is 36.4 Å². The van der Waals surface area contributed by atoms with Gasteiger partial charge in [-0.05, 0) is 49.9 Å². The van der Waals surface area contributed by atoms with Crippen LogP contribution in [-0.4, -0.2) is 6.18 Å². The SMILES string of the molecule is Cc1ccc(C(c2c(C)cc(C)cc2C)C(F)(F)F)cc1.